The predicted octanol–water partition coefficient (Wildman–Crippen LogP) is 0.234. The summed E-state index contributed by atoms with van der Waals surface area (Å²) in [6, 6.07) is 0. The van der Waals surface area contributed by atoms with Crippen molar-refractivity contribution in [2.75, 3.05) is 0 Å². The Morgan fingerprint density at radius 2 is 1.88 bits per heavy atom. The summed E-state index contributed by atoms with van der Waals surface area (Å²) < 4.78 is 35.9. The maximum atomic E-state index is 10.6. The summed E-state index contributed by atoms with van der Waals surface area (Å²) in [4.78, 5) is 30.0. The Morgan fingerprint density at radius 3 is 2.00 bits per heavy atom. The highest BCUT2D eigenvalue weighted by Crippen LogP contribution is 2.23. The standard InChI is InChI=1S/C6H8O4.C2HF3O2/c1-2-6(9)3-4(7)10-5(6)8;3-2(4,5)1(6)7/h9H,2-3H2,1H3;(H,6,7). The van der Waals surface area contributed by atoms with E-state index in [1.54, 1.807) is 6.92 Å². The third-order valence-electron chi connectivity index (χ3n) is 1.85. The average molecular weight is 258 g/mol. The highest BCUT2D eigenvalue weighted by Gasteiger charge is 2.46. The number of rotatable bonds is 1. The van der Waals surface area contributed by atoms with Gasteiger partial charge in [0.1, 0.15) is 0 Å². The zero-order chi connectivity index (χ0) is 13.9. The molecule has 1 atom stereocenters. The summed E-state index contributed by atoms with van der Waals surface area (Å²) in [5, 5.41) is 16.4. The Balaban J connectivity index is 0.000000325. The molecule has 17 heavy (non-hydrogen) atoms. The van der Waals surface area contributed by atoms with Crippen LogP contribution in [0.25, 0.3) is 0 Å². The van der Waals surface area contributed by atoms with Crippen molar-refractivity contribution in [2.45, 2.75) is 31.5 Å². The fourth-order valence-electron chi connectivity index (χ4n) is 0.815. The summed E-state index contributed by atoms with van der Waals surface area (Å²) in [5.74, 6) is -4.22. The molecule has 2 N–H and O–H groups in total. The van der Waals surface area contributed by atoms with Gasteiger partial charge in [-0.3, -0.25) is 4.79 Å². The normalized spacial score (nSPS) is 23.8. The van der Waals surface area contributed by atoms with Crippen LogP contribution >= 0.6 is 0 Å². The van der Waals surface area contributed by atoms with Crippen molar-refractivity contribution in [1.82, 2.24) is 0 Å². The molecule has 0 spiro atoms. The van der Waals surface area contributed by atoms with Crippen molar-refractivity contribution in [3.05, 3.63) is 0 Å². The molecule has 1 aliphatic heterocycles. The van der Waals surface area contributed by atoms with E-state index in [4.69, 9.17) is 9.90 Å². The van der Waals surface area contributed by atoms with Crippen LogP contribution in [0, 0.1) is 0 Å². The lowest BCUT2D eigenvalue weighted by molar-refractivity contribution is -0.192. The number of carbonyl (C=O) groups excluding carboxylic acids is 2. The molecule has 0 aromatic heterocycles. The van der Waals surface area contributed by atoms with Gasteiger partial charge in [-0.05, 0) is 6.42 Å². The van der Waals surface area contributed by atoms with E-state index in [1.165, 1.54) is 0 Å². The number of aliphatic hydroxyl groups is 1. The van der Waals surface area contributed by atoms with Crippen LogP contribution in [0.2, 0.25) is 0 Å². The number of carboxylic acid groups (broad SMARTS) is 1. The SMILES string of the molecule is CCC1(O)CC(=O)OC1=O.O=C(O)C(F)(F)F. The van der Waals surface area contributed by atoms with Crippen molar-refractivity contribution in [3.8, 4) is 0 Å². The van der Waals surface area contributed by atoms with Gasteiger partial charge in [0.05, 0.1) is 6.42 Å². The van der Waals surface area contributed by atoms with Crippen molar-refractivity contribution >= 4 is 17.9 Å². The van der Waals surface area contributed by atoms with E-state index < -0.39 is 29.7 Å². The molecule has 1 aliphatic rings. The molecule has 1 saturated heterocycles. The third-order valence-corrected chi connectivity index (χ3v) is 1.85. The van der Waals surface area contributed by atoms with Crippen LogP contribution in [0.3, 0.4) is 0 Å². The largest absolute Gasteiger partial charge is 0.490 e. The summed E-state index contributed by atoms with van der Waals surface area (Å²) in [7, 11) is 0. The number of halogens is 3. The summed E-state index contributed by atoms with van der Waals surface area (Å²) >= 11 is 0. The fraction of sp³-hybridized carbons (Fsp3) is 0.625. The maximum absolute atomic E-state index is 10.6. The molecule has 0 aliphatic carbocycles. The van der Waals surface area contributed by atoms with Crippen LogP contribution in [-0.2, 0) is 19.1 Å². The van der Waals surface area contributed by atoms with E-state index in [-0.39, 0.29) is 12.8 Å². The van der Waals surface area contributed by atoms with Crippen LogP contribution in [0.15, 0.2) is 0 Å². The molecule has 0 aromatic carbocycles. The minimum Gasteiger partial charge on any atom is -0.475 e. The Morgan fingerprint density at radius 1 is 1.47 bits per heavy atom. The summed E-state index contributed by atoms with van der Waals surface area (Å²) in [6.45, 7) is 1.62. The summed E-state index contributed by atoms with van der Waals surface area (Å²) in [6.07, 6.45) is -5.07. The second-order valence-electron chi connectivity index (χ2n) is 3.13. The Labute approximate surface area is 93.0 Å². The predicted molar refractivity (Wildman–Crippen MR) is 44.6 cm³/mol. The Hall–Kier alpha value is -1.64. The first kappa shape index (κ1) is 15.4. The lowest BCUT2D eigenvalue weighted by Crippen LogP contribution is -2.32. The molecule has 1 unspecified atom stereocenters. The van der Waals surface area contributed by atoms with E-state index in [1.807, 2.05) is 0 Å². The first-order chi connectivity index (χ1) is 7.53. The number of hydrogen-bond acceptors (Lipinski definition) is 5. The molecule has 0 aromatic rings. The highest BCUT2D eigenvalue weighted by molar-refractivity contribution is 5.99. The van der Waals surface area contributed by atoms with E-state index >= 15 is 0 Å². The Kier molecular flexibility index (Phi) is 4.63. The molecular weight excluding hydrogens is 249 g/mol. The first-order valence-corrected chi connectivity index (χ1v) is 4.30. The number of carboxylic acids is 1. The number of alkyl halides is 3. The van der Waals surface area contributed by atoms with Crippen molar-refractivity contribution < 1.29 is 42.5 Å². The molecule has 0 bridgehead atoms. The van der Waals surface area contributed by atoms with Gasteiger partial charge in [0.25, 0.3) is 0 Å². The van der Waals surface area contributed by atoms with Crippen molar-refractivity contribution in [2.24, 2.45) is 0 Å². The van der Waals surface area contributed by atoms with Gasteiger partial charge in [-0.2, -0.15) is 13.2 Å². The van der Waals surface area contributed by atoms with Crippen LogP contribution in [0.4, 0.5) is 13.2 Å². The van der Waals surface area contributed by atoms with Gasteiger partial charge in [-0.15, -0.1) is 0 Å². The number of aliphatic carboxylic acids is 1. The number of carbonyl (C=O) groups is 3. The monoisotopic (exact) mass is 258 g/mol. The van der Waals surface area contributed by atoms with Crippen LogP contribution in [0.5, 0.6) is 0 Å². The number of ether oxygens (including phenoxy) is 1. The van der Waals surface area contributed by atoms with Crippen molar-refractivity contribution in [1.29, 1.82) is 0 Å². The van der Waals surface area contributed by atoms with Crippen molar-refractivity contribution in [3.63, 3.8) is 0 Å². The minimum absolute atomic E-state index is 0.206. The maximum Gasteiger partial charge on any atom is 0.490 e. The van der Waals surface area contributed by atoms with Gasteiger partial charge in [-0.1, -0.05) is 6.92 Å². The van der Waals surface area contributed by atoms with E-state index in [0.717, 1.165) is 0 Å². The second-order valence-corrected chi connectivity index (χ2v) is 3.13. The average Bonchev–Trinajstić information content (AvgIpc) is 2.41. The zero-order valence-electron chi connectivity index (χ0n) is 8.58. The Bertz CT molecular complexity index is 337. The van der Waals surface area contributed by atoms with E-state index in [0.29, 0.717) is 0 Å². The van der Waals surface area contributed by atoms with E-state index in [9.17, 15) is 27.9 Å². The molecule has 6 nitrogen and oxygen atoms in total. The molecule has 0 amide bonds. The van der Waals surface area contributed by atoms with Crippen LogP contribution in [0.1, 0.15) is 19.8 Å². The molecule has 1 fully saturated rings. The minimum atomic E-state index is -5.08. The number of esters is 2. The molecule has 0 saturated carbocycles. The zero-order valence-corrected chi connectivity index (χ0v) is 8.58. The molecule has 9 heteroatoms. The van der Waals surface area contributed by atoms with Gasteiger partial charge in [0.15, 0.2) is 5.60 Å². The molecule has 1 rings (SSSR count). The molecule has 98 valence electrons. The second kappa shape index (κ2) is 5.13. The van der Waals surface area contributed by atoms with Gasteiger partial charge in [-0.25, -0.2) is 9.59 Å². The van der Waals surface area contributed by atoms with Gasteiger partial charge in [0.2, 0.25) is 0 Å². The van der Waals surface area contributed by atoms with E-state index in [2.05, 4.69) is 4.74 Å². The van der Waals surface area contributed by atoms with Crippen LogP contribution < -0.4 is 0 Å². The number of cyclic esters (lactones) is 2. The van der Waals surface area contributed by atoms with Gasteiger partial charge < -0.3 is 14.9 Å². The van der Waals surface area contributed by atoms with Gasteiger partial charge >= 0.3 is 24.1 Å². The first-order valence-electron chi connectivity index (χ1n) is 4.30. The van der Waals surface area contributed by atoms with Gasteiger partial charge in [0, 0.05) is 0 Å². The molecule has 0 radical (unpaired) electrons. The lowest BCUT2D eigenvalue weighted by Gasteiger charge is -2.11. The fourth-order valence-corrected chi connectivity index (χ4v) is 0.815. The highest BCUT2D eigenvalue weighted by atomic mass is 19.4. The lowest BCUT2D eigenvalue weighted by atomic mass is 10.00. The van der Waals surface area contributed by atoms with Crippen LogP contribution in [-0.4, -0.2) is 39.9 Å². The third kappa shape index (κ3) is 4.39. The summed E-state index contributed by atoms with van der Waals surface area (Å²) in [5.41, 5.74) is -1.54. The smallest absolute Gasteiger partial charge is 0.475 e. The molecule has 1 heterocycles. The molecular formula is C8H9F3O6. The quantitative estimate of drug-likeness (QED) is 0.516. The number of hydrogen-bond donors (Lipinski definition) is 2. The topological polar surface area (TPSA) is 101 Å².